The highest BCUT2D eigenvalue weighted by molar-refractivity contribution is 6.32. The Labute approximate surface area is 108 Å². The van der Waals surface area contributed by atoms with Gasteiger partial charge in [-0.1, -0.05) is 17.7 Å². The largest absolute Gasteiger partial charge is 0.495 e. The Morgan fingerprint density at radius 2 is 2.18 bits per heavy atom. The van der Waals surface area contributed by atoms with Crippen LogP contribution in [0.25, 0.3) is 0 Å². The number of halogens is 1. The molecule has 0 amide bonds. The maximum absolute atomic E-state index is 8.67. The number of benzene rings is 1. The summed E-state index contributed by atoms with van der Waals surface area (Å²) in [5.41, 5.74) is 1.11. The number of methoxy groups -OCH3 is 1. The summed E-state index contributed by atoms with van der Waals surface area (Å²) < 4.78 is 5.12. The average molecular weight is 253 g/mol. The first-order chi connectivity index (χ1) is 8.10. The van der Waals surface area contributed by atoms with Gasteiger partial charge in [0.25, 0.3) is 0 Å². The van der Waals surface area contributed by atoms with Crippen molar-refractivity contribution in [3.05, 3.63) is 28.8 Å². The van der Waals surface area contributed by atoms with Crippen molar-refractivity contribution in [1.82, 2.24) is 4.90 Å². The first-order valence-electron chi connectivity index (χ1n) is 5.47. The number of rotatable bonds is 5. The van der Waals surface area contributed by atoms with E-state index in [2.05, 4.69) is 11.0 Å². The van der Waals surface area contributed by atoms with Crippen LogP contribution < -0.4 is 4.74 Å². The number of hydrogen-bond donors (Lipinski definition) is 0. The smallest absolute Gasteiger partial charge is 0.137 e. The first kappa shape index (κ1) is 13.8. The molecule has 0 N–H and O–H groups in total. The molecule has 1 aromatic carbocycles. The molecule has 17 heavy (non-hydrogen) atoms. The van der Waals surface area contributed by atoms with Crippen molar-refractivity contribution >= 4 is 11.6 Å². The van der Waals surface area contributed by atoms with Gasteiger partial charge in [0.15, 0.2) is 0 Å². The molecule has 1 unspecified atom stereocenters. The summed E-state index contributed by atoms with van der Waals surface area (Å²) in [6, 6.07) is 8.14. The van der Waals surface area contributed by atoms with Gasteiger partial charge in [0.2, 0.25) is 0 Å². The normalized spacial score (nSPS) is 12.2. The van der Waals surface area contributed by atoms with Crippen molar-refractivity contribution in [2.24, 2.45) is 0 Å². The van der Waals surface area contributed by atoms with Crippen molar-refractivity contribution in [3.8, 4) is 11.8 Å². The Balaban J connectivity index is 2.95. The fourth-order valence-electron chi connectivity index (χ4n) is 1.81. The van der Waals surface area contributed by atoms with Gasteiger partial charge in [0.1, 0.15) is 5.75 Å². The van der Waals surface area contributed by atoms with Crippen LogP contribution >= 0.6 is 11.6 Å². The van der Waals surface area contributed by atoms with Crippen LogP contribution in [0, 0.1) is 11.3 Å². The molecular formula is C13H17ClN2O. The van der Waals surface area contributed by atoms with E-state index in [9.17, 15) is 0 Å². The van der Waals surface area contributed by atoms with E-state index in [1.807, 2.05) is 32.3 Å². The Hall–Kier alpha value is -1.24. The standard InChI is InChI=1S/C13H17ClN2O/c1-16(2)12(5-4-8-15)10-6-7-13(17-3)11(14)9-10/h6-7,9,12H,4-5H2,1-3H3. The molecule has 1 rings (SSSR count). The van der Waals surface area contributed by atoms with Crippen molar-refractivity contribution in [1.29, 1.82) is 5.26 Å². The zero-order valence-corrected chi connectivity index (χ0v) is 11.2. The van der Waals surface area contributed by atoms with Gasteiger partial charge in [0.05, 0.1) is 18.2 Å². The predicted octanol–water partition coefficient (Wildman–Crippen LogP) is 3.26. The van der Waals surface area contributed by atoms with Crippen LogP contribution in [0.4, 0.5) is 0 Å². The van der Waals surface area contributed by atoms with Gasteiger partial charge in [-0.2, -0.15) is 5.26 Å². The molecule has 0 aliphatic heterocycles. The van der Waals surface area contributed by atoms with E-state index in [1.165, 1.54) is 0 Å². The molecule has 0 aliphatic carbocycles. The summed E-state index contributed by atoms with van der Waals surface area (Å²) in [5, 5.41) is 9.27. The SMILES string of the molecule is COc1ccc(C(CCC#N)N(C)C)cc1Cl. The molecule has 0 aromatic heterocycles. The van der Waals surface area contributed by atoms with E-state index in [-0.39, 0.29) is 6.04 Å². The zero-order chi connectivity index (χ0) is 12.8. The van der Waals surface area contributed by atoms with Crippen LogP contribution in [0.5, 0.6) is 5.75 Å². The molecule has 0 radical (unpaired) electrons. The molecule has 4 heteroatoms. The first-order valence-corrected chi connectivity index (χ1v) is 5.84. The third-order valence-corrected chi connectivity index (χ3v) is 3.01. The quantitative estimate of drug-likeness (QED) is 0.807. The van der Waals surface area contributed by atoms with Crippen molar-refractivity contribution in [3.63, 3.8) is 0 Å². The summed E-state index contributed by atoms with van der Waals surface area (Å²) in [6.45, 7) is 0. The number of ether oxygens (including phenoxy) is 1. The predicted molar refractivity (Wildman–Crippen MR) is 69.3 cm³/mol. The number of hydrogen-bond acceptors (Lipinski definition) is 3. The summed E-state index contributed by atoms with van der Waals surface area (Å²) >= 11 is 6.10. The Kier molecular flexibility index (Phi) is 5.27. The van der Waals surface area contributed by atoms with Gasteiger partial charge < -0.3 is 9.64 Å². The van der Waals surface area contributed by atoms with E-state index < -0.39 is 0 Å². The molecule has 1 atom stereocenters. The van der Waals surface area contributed by atoms with Gasteiger partial charge in [-0.15, -0.1) is 0 Å². The van der Waals surface area contributed by atoms with Crippen LogP contribution in [0.15, 0.2) is 18.2 Å². The molecule has 3 nitrogen and oxygen atoms in total. The average Bonchev–Trinajstić information content (AvgIpc) is 2.29. The van der Waals surface area contributed by atoms with Crippen molar-refractivity contribution < 1.29 is 4.74 Å². The lowest BCUT2D eigenvalue weighted by Gasteiger charge is -2.24. The van der Waals surface area contributed by atoms with Crippen molar-refractivity contribution in [2.45, 2.75) is 18.9 Å². The monoisotopic (exact) mass is 252 g/mol. The van der Waals surface area contributed by atoms with Gasteiger partial charge >= 0.3 is 0 Å². The molecule has 0 spiro atoms. The van der Waals surface area contributed by atoms with Crippen molar-refractivity contribution in [2.75, 3.05) is 21.2 Å². The molecule has 0 saturated heterocycles. The molecule has 92 valence electrons. The lowest BCUT2D eigenvalue weighted by molar-refractivity contribution is 0.286. The van der Waals surface area contributed by atoms with E-state index >= 15 is 0 Å². The summed E-state index contributed by atoms with van der Waals surface area (Å²) in [5.74, 6) is 0.674. The lowest BCUT2D eigenvalue weighted by atomic mass is 10.0. The maximum Gasteiger partial charge on any atom is 0.137 e. The van der Waals surface area contributed by atoms with Crippen LogP contribution in [0.1, 0.15) is 24.4 Å². The minimum atomic E-state index is 0.207. The van der Waals surface area contributed by atoms with Gasteiger partial charge in [0, 0.05) is 12.5 Å². The Morgan fingerprint density at radius 1 is 1.47 bits per heavy atom. The molecular weight excluding hydrogens is 236 g/mol. The van der Waals surface area contributed by atoms with Crippen LogP contribution in [-0.4, -0.2) is 26.1 Å². The molecule has 0 heterocycles. The highest BCUT2D eigenvalue weighted by Gasteiger charge is 2.15. The van der Waals surface area contributed by atoms with E-state index in [0.717, 1.165) is 12.0 Å². The zero-order valence-electron chi connectivity index (χ0n) is 10.4. The maximum atomic E-state index is 8.67. The lowest BCUT2D eigenvalue weighted by Crippen LogP contribution is -2.19. The third-order valence-electron chi connectivity index (χ3n) is 2.71. The van der Waals surface area contributed by atoms with E-state index in [0.29, 0.717) is 17.2 Å². The van der Waals surface area contributed by atoms with Crippen LogP contribution in [-0.2, 0) is 0 Å². The highest BCUT2D eigenvalue weighted by Crippen LogP contribution is 2.31. The number of nitriles is 1. The fraction of sp³-hybridized carbons (Fsp3) is 0.462. The molecule has 0 aliphatic rings. The van der Waals surface area contributed by atoms with Crippen LogP contribution in [0.3, 0.4) is 0 Å². The summed E-state index contributed by atoms with van der Waals surface area (Å²) in [7, 11) is 5.60. The second-order valence-electron chi connectivity index (χ2n) is 4.07. The van der Waals surface area contributed by atoms with E-state index in [1.54, 1.807) is 7.11 Å². The fourth-order valence-corrected chi connectivity index (χ4v) is 2.08. The minimum Gasteiger partial charge on any atom is -0.495 e. The highest BCUT2D eigenvalue weighted by atomic mass is 35.5. The summed E-state index contributed by atoms with van der Waals surface area (Å²) in [4.78, 5) is 2.09. The molecule has 0 fully saturated rings. The molecule has 0 bridgehead atoms. The Morgan fingerprint density at radius 3 is 2.65 bits per heavy atom. The second-order valence-corrected chi connectivity index (χ2v) is 4.48. The van der Waals surface area contributed by atoms with Gasteiger partial charge in [-0.05, 0) is 38.2 Å². The summed E-state index contributed by atoms with van der Waals surface area (Å²) in [6.07, 6.45) is 1.33. The second kappa shape index (κ2) is 6.48. The van der Waals surface area contributed by atoms with Gasteiger partial charge in [-0.25, -0.2) is 0 Å². The van der Waals surface area contributed by atoms with E-state index in [4.69, 9.17) is 21.6 Å². The number of nitrogens with zero attached hydrogens (tertiary/aromatic N) is 2. The van der Waals surface area contributed by atoms with Crippen LogP contribution in [0.2, 0.25) is 5.02 Å². The molecule has 1 aromatic rings. The van der Waals surface area contributed by atoms with Gasteiger partial charge in [-0.3, -0.25) is 0 Å². The topological polar surface area (TPSA) is 36.3 Å². The Bertz CT molecular complexity index is 412. The third kappa shape index (κ3) is 3.62. The minimum absolute atomic E-state index is 0.207. The molecule has 0 saturated carbocycles.